The summed E-state index contributed by atoms with van der Waals surface area (Å²) in [5, 5.41) is 12.6. The number of benzene rings is 4. The average molecular weight is 491 g/mol. The van der Waals surface area contributed by atoms with Gasteiger partial charge in [0.15, 0.2) is 0 Å². The number of hydrogen-bond donors (Lipinski definition) is 0. The van der Waals surface area contributed by atoms with Crippen LogP contribution in [0, 0.1) is 0 Å². The van der Waals surface area contributed by atoms with Gasteiger partial charge in [0.25, 0.3) is 0 Å². The third-order valence-electron chi connectivity index (χ3n) is 6.21. The van der Waals surface area contributed by atoms with E-state index >= 15 is 0 Å². The minimum absolute atomic E-state index is 0.377. The van der Waals surface area contributed by atoms with Crippen LogP contribution < -0.4 is 0 Å². The Labute approximate surface area is 213 Å². The predicted octanol–water partition coefficient (Wildman–Crippen LogP) is 7.07. The van der Waals surface area contributed by atoms with Crippen LogP contribution >= 0.6 is 11.6 Å². The first-order valence-corrected chi connectivity index (χ1v) is 12.2. The third kappa shape index (κ3) is 4.71. The Bertz CT molecular complexity index is 1650. The van der Waals surface area contributed by atoms with Crippen molar-refractivity contribution in [1.82, 2.24) is 20.0 Å². The van der Waals surface area contributed by atoms with Crippen LogP contribution in [-0.4, -0.2) is 20.0 Å². The standard InChI is InChI=1S/C30H23ClN4O/c31-25-13-10-23(11-14-25)29-16-24(28-15-12-22-8-4-5-9-27(22)30(28)32-29)19-36-20-26-18-35(34-33-26)17-21-6-2-1-3-7-21/h1-16,18H,17,19-20H2. The SMILES string of the molecule is Clc1ccc(-c2cc(COCc3cn(Cc4ccccc4)nn3)c3ccc4ccccc4c3n2)cc1. The molecule has 0 unspecified atom stereocenters. The van der Waals surface area contributed by atoms with E-state index in [-0.39, 0.29) is 0 Å². The zero-order valence-corrected chi connectivity index (χ0v) is 20.3. The molecule has 0 aliphatic heterocycles. The van der Waals surface area contributed by atoms with Gasteiger partial charge in [-0.25, -0.2) is 9.67 Å². The lowest BCUT2D eigenvalue weighted by Crippen LogP contribution is -2.00. The van der Waals surface area contributed by atoms with Crippen LogP contribution in [0.2, 0.25) is 5.02 Å². The highest BCUT2D eigenvalue weighted by atomic mass is 35.5. The first-order chi connectivity index (χ1) is 17.7. The monoisotopic (exact) mass is 490 g/mol. The molecule has 2 heterocycles. The smallest absolute Gasteiger partial charge is 0.108 e. The molecule has 0 saturated carbocycles. The lowest BCUT2D eigenvalue weighted by molar-refractivity contribution is 0.105. The normalized spacial score (nSPS) is 11.4. The Morgan fingerprint density at radius 2 is 1.58 bits per heavy atom. The number of fused-ring (bicyclic) bond motifs is 3. The van der Waals surface area contributed by atoms with E-state index in [1.165, 1.54) is 5.56 Å². The highest BCUT2D eigenvalue weighted by Crippen LogP contribution is 2.31. The van der Waals surface area contributed by atoms with Crippen molar-refractivity contribution in [3.05, 3.63) is 125 Å². The van der Waals surface area contributed by atoms with Gasteiger partial charge in [-0.2, -0.15) is 0 Å². The van der Waals surface area contributed by atoms with Gasteiger partial charge in [-0.05, 0) is 34.7 Å². The van der Waals surface area contributed by atoms with E-state index in [2.05, 4.69) is 52.8 Å². The second kappa shape index (κ2) is 9.90. The summed E-state index contributed by atoms with van der Waals surface area (Å²) in [5.74, 6) is 0. The van der Waals surface area contributed by atoms with Crippen LogP contribution in [-0.2, 0) is 24.5 Å². The molecule has 0 bridgehead atoms. The maximum absolute atomic E-state index is 6.13. The zero-order chi connectivity index (χ0) is 24.3. The van der Waals surface area contributed by atoms with Gasteiger partial charge in [0.1, 0.15) is 5.69 Å². The molecule has 0 saturated heterocycles. The molecule has 6 aromatic rings. The summed E-state index contributed by atoms with van der Waals surface area (Å²) in [6.07, 6.45) is 1.93. The second-order valence-corrected chi connectivity index (χ2v) is 9.18. The fourth-order valence-corrected chi connectivity index (χ4v) is 4.56. The molecule has 0 aliphatic rings. The Kier molecular flexibility index (Phi) is 6.16. The van der Waals surface area contributed by atoms with Crippen LogP contribution in [0.15, 0.2) is 103 Å². The summed E-state index contributed by atoms with van der Waals surface area (Å²) in [5.41, 5.74) is 5.93. The second-order valence-electron chi connectivity index (χ2n) is 8.74. The van der Waals surface area contributed by atoms with Crippen molar-refractivity contribution in [2.24, 2.45) is 0 Å². The Morgan fingerprint density at radius 3 is 2.44 bits per heavy atom. The summed E-state index contributed by atoms with van der Waals surface area (Å²) in [6, 6.07) is 32.7. The molecule has 6 rings (SSSR count). The topological polar surface area (TPSA) is 52.8 Å². The molecule has 4 aromatic carbocycles. The number of ether oxygens (including phenoxy) is 1. The largest absolute Gasteiger partial charge is 0.370 e. The van der Waals surface area contributed by atoms with Crippen LogP contribution in [0.4, 0.5) is 0 Å². The first kappa shape index (κ1) is 22.4. The lowest BCUT2D eigenvalue weighted by Gasteiger charge is -2.12. The molecule has 0 fully saturated rings. The number of halogens is 1. The molecule has 6 heteroatoms. The number of aromatic nitrogens is 4. The van der Waals surface area contributed by atoms with Gasteiger partial charge in [-0.15, -0.1) is 5.10 Å². The summed E-state index contributed by atoms with van der Waals surface area (Å²) < 4.78 is 7.97. The highest BCUT2D eigenvalue weighted by Gasteiger charge is 2.12. The Hall–Kier alpha value is -4.06. The van der Waals surface area contributed by atoms with Crippen molar-refractivity contribution in [1.29, 1.82) is 0 Å². The summed E-state index contributed by atoms with van der Waals surface area (Å²) in [4.78, 5) is 5.05. The van der Waals surface area contributed by atoms with Crippen molar-refractivity contribution in [3.8, 4) is 11.3 Å². The molecule has 5 nitrogen and oxygen atoms in total. The summed E-state index contributed by atoms with van der Waals surface area (Å²) in [6.45, 7) is 1.49. The maximum Gasteiger partial charge on any atom is 0.108 e. The van der Waals surface area contributed by atoms with E-state index in [4.69, 9.17) is 21.3 Å². The third-order valence-corrected chi connectivity index (χ3v) is 6.46. The quantitative estimate of drug-likeness (QED) is 0.225. The van der Waals surface area contributed by atoms with Crippen molar-refractivity contribution in [2.75, 3.05) is 0 Å². The van der Waals surface area contributed by atoms with E-state index in [0.29, 0.717) is 24.8 Å². The number of hydrogen-bond acceptors (Lipinski definition) is 4. The molecule has 2 aromatic heterocycles. The van der Waals surface area contributed by atoms with Crippen LogP contribution in [0.1, 0.15) is 16.8 Å². The molecule has 0 N–H and O–H groups in total. The molecule has 36 heavy (non-hydrogen) atoms. The Morgan fingerprint density at radius 1 is 0.778 bits per heavy atom. The fourth-order valence-electron chi connectivity index (χ4n) is 4.44. The van der Waals surface area contributed by atoms with Crippen LogP contribution in [0.25, 0.3) is 32.9 Å². The number of nitrogens with zero attached hydrogens (tertiary/aromatic N) is 4. The molecule has 0 spiro atoms. The van der Waals surface area contributed by atoms with Crippen molar-refractivity contribution >= 4 is 33.3 Å². The Balaban J connectivity index is 1.28. The maximum atomic E-state index is 6.13. The summed E-state index contributed by atoms with van der Waals surface area (Å²) >= 11 is 6.12. The van der Waals surface area contributed by atoms with Crippen LogP contribution in [0.5, 0.6) is 0 Å². The molecule has 0 atom stereocenters. The van der Waals surface area contributed by atoms with Gasteiger partial charge in [0.05, 0.1) is 37.2 Å². The van der Waals surface area contributed by atoms with Gasteiger partial charge in [-0.3, -0.25) is 0 Å². The van der Waals surface area contributed by atoms with Gasteiger partial charge < -0.3 is 4.74 Å². The van der Waals surface area contributed by atoms with Crippen LogP contribution in [0.3, 0.4) is 0 Å². The first-order valence-electron chi connectivity index (χ1n) is 11.8. The van der Waals surface area contributed by atoms with E-state index in [9.17, 15) is 0 Å². The van der Waals surface area contributed by atoms with E-state index in [1.807, 2.05) is 65.5 Å². The molecule has 176 valence electrons. The van der Waals surface area contributed by atoms with Crippen molar-refractivity contribution in [2.45, 2.75) is 19.8 Å². The minimum atomic E-state index is 0.377. The summed E-state index contributed by atoms with van der Waals surface area (Å²) in [7, 11) is 0. The molecule has 0 aliphatic carbocycles. The average Bonchev–Trinajstić information content (AvgIpc) is 3.36. The van der Waals surface area contributed by atoms with Crippen molar-refractivity contribution < 1.29 is 4.74 Å². The van der Waals surface area contributed by atoms with Gasteiger partial charge in [0.2, 0.25) is 0 Å². The lowest BCUT2D eigenvalue weighted by atomic mass is 10.0. The molecular formula is C30H23ClN4O. The van der Waals surface area contributed by atoms with Gasteiger partial charge in [-0.1, -0.05) is 95.7 Å². The molecular weight excluding hydrogens is 468 g/mol. The minimum Gasteiger partial charge on any atom is -0.370 e. The van der Waals surface area contributed by atoms with Gasteiger partial charge in [0, 0.05) is 21.4 Å². The van der Waals surface area contributed by atoms with E-state index in [0.717, 1.165) is 44.2 Å². The highest BCUT2D eigenvalue weighted by molar-refractivity contribution is 6.30. The number of pyridine rings is 1. The fraction of sp³-hybridized carbons (Fsp3) is 0.100. The predicted molar refractivity (Wildman–Crippen MR) is 144 cm³/mol. The number of rotatable bonds is 7. The zero-order valence-electron chi connectivity index (χ0n) is 19.5. The van der Waals surface area contributed by atoms with E-state index < -0.39 is 0 Å². The van der Waals surface area contributed by atoms with E-state index in [1.54, 1.807) is 0 Å². The van der Waals surface area contributed by atoms with Gasteiger partial charge >= 0.3 is 0 Å². The molecule has 0 radical (unpaired) electrons. The molecule has 0 amide bonds. The van der Waals surface area contributed by atoms with Crippen molar-refractivity contribution in [3.63, 3.8) is 0 Å².